The van der Waals surface area contributed by atoms with Crippen LogP contribution in [0.15, 0.2) is 40.1 Å². The maximum atomic E-state index is 12.1. The molecule has 0 aromatic rings. The van der Waals surface area contributed by atoms with Gasteiger partial charge in [0.15, 0.2) is 5.78 Å². The van der Waals surface area contributed by atoms with Crippen molar-refractivity contribution >= 4 is 12.0 Å². The van der Waals surface area contributed by atoms with Gasteiger partial charge in [-0.3, -0.25) is 9.79 Å². The predicted molar refractivity (Wildman–Crippen MR) is 91.6 cm³/mol. The zero-order valence-corrected chi connectivity index (χ0v) is 14.0. The van der Waals surface area contributed by atoms with E-state index < -0.39 is 0 Å². The molecule has 0 radical (unpaired) electrons. The molecule has 0 aliphatic carbocycles. The second-order valence-electron chi connectivity index (χ2n) is 5.72. The second kappa shape index (κ2) is 9.49. The fraction of sp³-hybridized carbons (Fsp3) is 0.579. The molecule has 0 saturated heterocycles. The summed E-state index contributed by atoms with van der Waals surface area (Å²) in [4.78, 5) is 16.5. The molecule has 0 atom stereocenters. The quantitative estimate of drug-likeness (QED) is 0.549. The van der Waals surface area contributed by atoms with Crippen molar-refractivity contribution in [3.63, 3.8) is 0 Å². The summed E-state index contributed by atoms with van der Waals surface area (Å²) in [5.74, 6) is 0.557. The van der Waals surface area contributed by atoms with E-state index in [1.54, 1.807) is 6.92 Å². The van der Waals surface area contributed by atoms with Crippen LogP contribution in [0.1, 0.15) is 66.2 Å². The van der Waals surface area contributed by atoms with Crippen LogP contribution in [0.2, 0.25) is 0 Å². The molecular weight excluding hydrogens is 258 g/mol. The van der Waals surface area contributed by atoms with Crippen LogP contribution < -0.4 is 0 Å². The number of nitrogens with zero attached hydrogens (tertiary/aromatic N) is 1. The van der Waals surface area contributed by atoms with E-state index in [1.807, 2.05) is 12.3 Å². The Morgan fingerprint density at radius 2 is 1.95 bits per heavy atom. The Bertz CT molecular complexity index is 460. The molecule has 116 valence electrons. The number of ketones is 1. The molecule has 0 unspecified atom stereocenters. The summed E-state index contributed by atoms with van der Waals surface area (Å²) >= 11 is 0. The minimum absolute atomic E-state index is 0.186. The highest BCUT2D eigenvalue weighted by Crippen LogP contribution is 2.26. The van der Waals surface area contributed by atoms with Gasteiger partial charge < -0.3 is 0 Å². The van der Waals surface area contributed by atoms with E-state index in [1.165, 1.54) is 5.57 Å². The molecule has 0 aromatic heterocycles. The molecule has 0 aromatic carbocycles. The monoisotopic (exact) mass is 287 g/mol. The van der Waals surface area contributed by atoms with Gasteiger partial charge in [0.2, 0.25) is 0 Å². The summed E-state index contributed by atoms with van der Waals surface area (Å²) in [6.07, 6.45) is 14.5. The largest absolute Gasteiger partial charge is 0.295 e. The van der Waals surface area contributed by atoms with E-state index in [0.717, 1.165) is 49.8 Å². The molecular formula is C19H29NO. The van der Waals surface area contributed by atoms with Gasteiger partial charge in [-0.1, -0.05) is 45.3 Å². The van der Waals surface area contributed by atoms with E-state index in [4.69, 9.17) is 0 Å². The zero-order valence-electron chi connectivity index (χ0n) is 14.0. The average Bonchev–Trinajstić information content (AvgIpc) is 2.69. The highest BCUT2D eigenvalue weighted by molar-refractivity contribution is 5.94. The van der Waals surface area contributed by atoms with Gasteiger partial charge >= 0.3 is 0 Å². The average molecular weight is 287 g/mol. The van der Waals surface area contributed by atoms with E-state index in [0.29, 0.717) is 5.92 Å². The van der Waals surface area contributed by atoms with E-state index in [-0.39, 0.29) is 5.78 Å². The maximum Gasteiger partial charge on any atom is 0.156 e. The topological polar surface area (TPSA) is 29.4 Å². The number of allylic oxidation sites excluding steroid dienone is 5. The summed E-state index contributed by atoms with van der Waals surface area (Å²) in [6.45, 7) is 8.20. The Kier molecular flexibility index (Phi) is 7.96. The lowest BCUT2D eigenvalue weighted by Crippen LogP contribution is -2.11. The van der Waals surface area contributed by atoms with Crippen LogP contribution in [-0.4, -0.2) is 12.0 Å². The van der Waals surface area contributed by atoms with Crippen molar-refractivity contribution in [2.24, 2.45) is 10.9 Å². The van der Waals surface area contributed by atoms with Crippen LogP contribution in [-0.2, 0) is 4.79 Å². The van der Waals surface area contributed by atoms with Gasteiger partial charge in [0, 0.05) is 11.8 Å². The molecule has 1 aliphatic rings. The van der Waals surface area contributed by atoms with Crippen molar-refractivity contribution in [2.45, 2.75) is 66.2 Å². The van der Waals surface area contributed by atoms with Gasteiger partial charge in [0.05, 0.1) is 5.70 Å². The third-order valence-corrected chi connectivity index (χ3v) is 3.99. The molecule has 2 heteroatoms. The first kappa shape index (κ1) is 17.6. The van der Waals surface area contributed by atoms with Crippen LogP contribution in [0.3, 0.4) is 0 Å². The van der Waals surface area contributed by atoms with E-state index in [2.05, 4.69) is 37.9 Å². The molecule has 2 nitrogen and oxygen atoms in total. The van der Waals surface area contributed by atoms with Crippen molar-refractivity contribution in [1.82, 2.24) is 0 Å². The van der Waals surface area contributed by atoms with Gasteiger partial charge in [-0.2, -0.15) is 0 Å². The first-order valence-electron chi connectivity index (χ1n) is 8.27. The van der Waals surface area contributed by atoms with Crippen molar-refractivity contribution in [1.29, 1.82) is 0 Å². The minimum atomic E-state index is 0.186. The van der Waals surface area contributed by atoms with Crippen LogP contribution in [0.5, 0.6) is 0 Å². The summed E-state index contributed by atoms with van der Waals surface area (Å²) in [6, 6.07) is 0. The number of carbonyl (C=O) groups is 1. The number of hydrogen-bond donors (Lipinski definition) is 0. The Morgan fingerprint density at radius 1 is 1.29 bits per heavy atom. The first-order valence-corrected chi connectivity index (χ1v) is 8.27. The molecule has 0 spiro atoms. The van der Waals surface area contributed by atoms with Gasteiger partial charge in [-0.05, 0) is 50.7 Å². The van der Waals surface area contributed by atoms with E-state index in [9.17, 15) is 4.79 Å². The molecule has 0 fully saturated rings. The fourth-order valence-corrected chi connectivity index (χ4v) is 2.76. The van der Waals surface area contributed by atoms with Gasteiger partial charge in [-0.15, -0.1) is 0 Å². The maximum absolute atomic E-state index is 12.1. The summed E-state index contributed by atoms with van der Waals surface area (Å²) < 4.78 is 0. The number of carbonyl (C=O) groups excluding carboxylic acids is 1. The smallest absolute Gasteiger partial charge is 0.156 e. The Balaban J connectivity index is 2.99. The molecule has 1 rings (SSSR count). The van der Waals surface area contributed by atoms with Crippen molar-refractivity contribution < 1.29 is 4.79 Å². The number of hydrogen-bond acceptors (Lipinski definition) is 2. The minimum Gasteiger partial charge on any atom is -0.295 e. The highest BCUT2D eigenvalue weighted by Gasteiger charge is 2.17. The van der Waals surface area contributed by atoms with Crippen LogP contribution in [0.25, 0.3) is 0 Å². The van der Waals surface area contributed by atoms with Crippen LogP contribution in [0.4, 0.5) is 0 Å². The Labute approximate surface area is 129 Å². The molecule has 0 N–H and O–H groups in total. The normalized spacial score (nSPS) is 15.8. The molecule has 21 heavy (non-hydrogen) atoms. The highest BCUT2D eigenvalue weighted by atomic mass is 16.1. The molecule has 0 amide bonds. The third kappa shape index (κ3) is 5.82. The van der Waals surface area contributed by atoms with Crippen molar-refractivity contribution in [3.8, 4) is 0 Å². The lowest BCUT2D eigenvalue weighted by Gasteiger charge is -2.17. The number of rotatable bonds is 8. The van der Waals surface area contributed by atoms with Gasteiger partial charge in [0.25, 0.3) is 0 Å². The van der Waals surface area contributed by atoms with E-state index >= 15 is 0 Å². The SMILES string of the molecule is CCCC(CCC)/C(=C\C1=CCC(CC)=CC=N1)C(C)=O. The number of aliphatic imine (C=N–C) groups is 1. The molecule has 1 heterocycles. The molecule has 0 bridgehead atoms. The molecule has 1 aliphatic heterocycles. The van der Waals surface area contributed by atoms with Gasteiger partial charge in [0.1, 0.15) is 0 Å². The second-order valence-corrected chi connectivity index (χ2v) is 5.72. The van der Waals surface area contributed by atoms with Crippen molar-refractivity contribution in [2.75, 3.05) is 0 Å². The zero-order chi connectivity index (χ0) is 15.7. The van der Waals surface area contributed by atoms with Gasteiger partial charge in [-0.25, -0.2) is 0 Å². The third-order valence-electron chi connectivity index (χ3n) is 3.99. The molecule has 0 saturated carbocycles. The summed E-state index contributed by atoms with van der Waals surface area (Å²) in [7, 11) is 0. The summed E-state index contributed by atoms with van der Waals surface area (Å²) in [5.41, 5.74) is 3.25. The number of Topliss-reactive ketones (excluding diaryl/α,β-unsaturated/α-hetero) is 1. The van der Waals surface area contributed by atoms with Crippen LogP contribution in [0, 0.1) is 5.92 Å². The first-order chi connectivity index (χ1) is 10.1. The Hall–Kier alpha value is -1.44. The van der Waals surface area contributed by atoms with Crippen LogP contribution >= 0.6 is 0 Å². The lowest BCUT2D eigenvalue weighted by atomic mass is 9.87. The standard InChI is InChI=1S/C19H29NO/c1-5-8-17(9-6-2)19(15(4)21)14-18-11-10-16(7-3)12-13-20-18/h11-14,17H,5-10H2,1-4H3/b19-14-. The summed E-state index contributed by atoms with van der Waals surface area (Å²) in [5, 5.41) is 0. The predicted octanol–water partition coefficient (Wildman–Crippen LogP) is 5.41. The fourth-order valence-electron chi connectivity index (χ4n) is 2.76. The Morgan fingerprint density at radius 3 is 2.48 bits per heavy atom. The van der Waals surface area contributed by atoms with Crippen molar-refractivity contribution in [3.05, 3.63) is 35.1 Å². The lowest BCUT2D eigenvalue weighted by molar-refractivity contribution is -0.114.